The average molecular weight is 380 g/mol. The molecular formula is C19H19ClFNO2S. The summed E-state index contributed by atoms with van der Waals surface area (Å²) in [5.74, 6) is -0.148. The Morgan fingerprint density at radius 3 is 2.64 bits per heavy atom. The normalized spacial score (nSPS) is 14.0. The Bertz CT molecular complexity index is 864. The molecule has 0 aliphatic carbocycles. The first kappa shape index (κ1) is 18.3. The van der Waals surface area contributed by atoms with Crippen LogP contribution < -0.4 is 0 Å². The van der Waals surface area contributed by atoms with Crippen LogP contribution in [0.3, 0.4) is 0 Å². The zero-order valence-corrected chi connectivity index (χ0v) is 15.3. The molecular weight excluding hydrogens is 361 g/mol. The molecule has 0 saturated carbocycles. The highest BCUT2D eigenvalue weighted by molar-refractivity contribution is 7.89. The fourth-order valence-electron chi connectivity index (χ4n) is 3.24. The predicted octanol–water partition coefficient (Wildman–Crippen LogP) is 4.35. The molecule has 0 radical (unpaired) electrons. The monoisotopic (exact) mass is 379 g/mol. The van der Waals surface area contributed by atoms with E-state index < -0.39 is 11.2 Å². The van der Waals surface area contributed by atoms with Crippen LogP contribution in [0.2, 0.25) is 5.02 Å². The SMILES string of the molecule is C[S+]([O-])Cc1cc(F)cc2c(C(CCO)c3ccc(Cl)cc3)c[nH]c12. The van der Waals surface area contributed by atoms with Gasteiger partial charge < -0.3 is 14.6 Å². The number of fused-ring (bicyclic) bond motifs is 1. The summed E-state index contributed by atoms with van der Waals surface area (Å²) >= 11 is 4.90. The number of benzene rings is 2. The number of rotatable bonds is 6. The lowest BCUT2D eigenvalue weighted by Crippen LogP contribution is -2.04. The number of H-pyrrole nitrogens is 1. The Kier molecular flexibility index (Phi) is 5.69. The molecule has 2 N–H and O–H groups in total. The predicted molar refractivity (Wildman–Crippen MR) is 101 cm³/mol. The van der Waals surface area contributed by atoms with E-state index in [-0.39, 0.29) is 18.3 Å². The molecule has 2 unspecified atom stereocenters. The van der Waals surface area contributed by atoms with Crippen LogP contribution in [-0.4, -0.2) is 27.5 Å². The van der Waals surface area contributed by atoms with Gasteiger partial charge in [0, 0.05) is 34.7 Å². The zero-order valence-electron chi connectivity index (χ0n) is 13.8. The standard InChI is InChI=1S/C19H19ClFNO2S/c1-25(24)11-13-8-15(21)9-17-18(10-22-19(13)17)16(6-7-23)12-2-4-14(20)5-3-12/h2-5,8-10,16,22-23H,6-7,11H2,1H3. The molecule has 3 aromatic rings. The highest BCUT2D eigenvalue weighted by Crippen LogP contribution is 2.35. The third-order valence-corrected chi connectivity index (χ3v) is 5.26. The molecule has 2 atom stereocenters. The third-order valence-electron chi connectivity index (χ3n) is 4.29. The van der Waals surface area contributed by atoms with E-state index in [2.05, 4.69) is 4.98 Å². The summed E-state index contributed by atoms with van der Waals surface area (Å²) < 4.78 is 25.7. The molecule has 0 saturated heterocycles. The number of aliphatic hydroxyl groups is 1. The summed E-state index contributed by atoms with van der Waals surface area (Å²) in [7, 11) is 0. The molecule has 0 aliphatic heterocycles. The Morgan fingerprint density at radius 2 is 2.00 bits per heavy atom. The van der Waals surface area contributed by atoms with Gasteiger partial charge in [0.2, 0.25) is 0 Å². The van der Waals surface area contributed by atoms with Crippen molar-refractivity contribution in [2.45, 2.75) is 18.1 Å². The summed E-state index contributed by atoms with van der Waals surface area (Å²) in [4.78, 5) is 3.20. The molecule has 0 fully saturated rings. The Morgan fingerprint density at radius 1 is 1.28 bits per heavy atom. The van der Waals surface area contributed by atoms with E-state index in [0.29, 0.717) is 22.8 Å². The quantitative estimate of drug-likeness (QED) is 0.625. The number of aliphatic hydroxyl groups excluding tert-OH is 1. The van der Waals surface area contributed by atoms with Gasteiger partial charge in [0.15, 0.2) is 0 Å². The van der Waals surface area contributed by atoms with E-state index in [1.165, 1.54) is 12.1 Å². The first-order valence-electron chi connectivity index (χ1n) is 7.95. The van der Waals surface area contributed by atoms with Gasteiger partial charge in [-0.15, -0.1) is 0 Å². The van der Waals surface area contributed by atoms with Crippen molar-refractivity contribution in [2.75, 3.05) is 12.9 Å². The third kappa shape index (κ3) is 4.01. The molecule has 3 rings (SSSR count). The van der Waals surface area contributed by atoms with Crippen molar-refractivity contribution in [1.29, 1.82) is 0 Å². The highest BCUT2D eigenvalue weighted by atomic mass is 35.5. The Balaban J connectivity index is 2.12. The molecule has 6 heteroatoms. The van der Waals surface area contributed by atoms with E-state index in [1.807, 2.05) is 30.5 Å². The van der Waals surface area contributed by atoms with Crippen LogP contribution in [0.15, 0.2) is 42.6 Å². The number of nitrogens with one attached hydrogen (secondary N) is 1. The number of halogens is 2. The van der Waals surface area contributed by atoms with Crippen molar-refractivity contribution in [3.8, 4) is 0 Å². The second kappa shape index (κ2) is 7.79. The van der Waals surface area contributed by atoms with Crippen LogP contribution in [0.25, 0.3) is 10.9 Å². The second-order valence-electron chi connectivity index (χ2n) is 6.07. The fourth-order valence-corrected chi connectivity index (χ4v) is 4.03. The van der Waals surface area contributed by atoms with Gasteiger partial charge in [-0.05, 0) is 41.8 Å². The summed E-state index contributed by atoms with van der Waals surface area (Å²) in [5, 5.41) is 10.9. The molecule has 0 bridgehead atoms. The number of aromatic nitrogens is 1. The van der Waals surface area contributed by atoms with Gasteiger partial charge in [-0.2, -0.15) is 0 Å². The Hall–Kier alpha value is -1.53. The molecule has 1 aromatic heterocycles. The van der Waals surface area contributed by atoms with Gasteiger partial charge in [-0.1, -0.05) is 34.9 Å². The van der Waals surface area contributed by atoms with Crippen molar-refractivity contribution >= 4 is 33.7 Å². The minimum atomic E-state index is -1.07. The molecule has 1 heterocycles. The van der Waals surface area contributed by atoms with Gasteiger partial charge in [-0.3, -0.25) is 0 Å². The topological polar surface area (TPSA) is 59.1 Å². The lowest BCUT2D eigenvalue weighted by atomic mass is 9.88. The summed E-state index contributed by atoms with van der Waals surface area (Å²) in [5.41, 5.74) is 3.41. The van der Waals surface area contributed by atoms with Gasteiger partial charge in [-0.25, -0.2) is 4.39 Å². The molecule has 3 nitrogen and oxygen atoms in total. The van der Waals surface area contributed by atoms with Gasteiger partial charge in [0.05, 0.1) is 11.8 Å². The van der Waals surface area contributed by atoms with Crippen LogP contribution >= 0.6 is 11.6 Å². The largest absolute Gasteiger partial charge is 0.616 e. The summed E-state index contributed by atoms with van der Waals surface area (Å²) in [6, 6.07) is 10.4. The lowest BCUT2D eigenvalue weighted by Gasteiger charge is -2.16. The molecule has 25 heavy (non-hydrogen) atoms. The number of hydrogen-bond acceptors (Lipinski definition) is 2. The number of hydrogen-bond donors (Lipinski definition) is 2. The van der Waals surface area contributed by atoms with Crippen molar-refractivity contribution in [1.82, 2.24) is 4.98 Å². The maximum atomic E-state index is 14.1. The van der Waals surface area contributed by atoms with Crippen molar-refractivity contribution in [3.63, 3.8) is 0 Å². The van der Waals surface area contributed by atoms with E-state index in [1.54, 1.807) is 6.26 Å². The Labute approximate surface area is 154 Å². The lowest BCUT2D eigenvalue weighted by molar-refractivity contribution is 0.282. The van der Waals surface area contributed by atoms with Crippen molar-refractivity contribution in [3.05, 3.63) is 70.1 Å². The zero-order chi connectivity index (χ0) is 18.0. The summed E-state index contributed by atoms with van der Waals surface area (Å²) in [6.07, 6.45) is 3.96. The minimum absolute atomic E-state index is 0.0150. The van der Waals surface area contributed by atoms with Crippen LogP contribution in [0.5, 0.6) is 0 Å². The fraction of sp³-hybridized carbons (Fsp3) is 0.263. The van der Waals surface area contributed by atoms with Crippen LogP contribution in [0, 0.1) is 5.82 Å². The maximum absolute atomic E-state index is 14.1. The van der Waals surface area contributed by atoms with Crippen LogP contribution in [-0.2, 0) is 16.9 Å². The van der Waals surface area contributed by atoms with Crippen molar-refractivity contribution in [2.24, 2.45) is 0 Å². The first-order valence-corrected chi connectivity index (χ1v) is 10.1. The van der Waals surface area contributed by atoms with Gasteiger partial charge >= 0.3 is 0 Å². The smallest absolute Gasteiger partial charge is 0.132 e. The van der Waals surface area contributed by atoms with Gasteiger partial charge in [0.25, 0.3) is 0 Å². The van der Waals surface area contributed by atoms with E-state index >= 15 is 0 Å². The van der Waals surface area contributed by atoms with Crippen LogP contribution in [0.4, 0.5) is 4.39 Å². The van der Waals surface area contributed by atoms with Crippen LogP contribution in [0.1, 0.15) is 29.0 Å². The molecule has 0 amide bonds. The molecule has 0 aliphatic rings. The highest BCUT2D eigenvalue weighted by Gasteiger charge is 2.20. The number of aromatic amines is 1. The van der Waals surface area contributed by atoms with E-state index in [4.69, 9.17) is 11.6 Å². The van der Waals surface area contributed by atoms with E-state index in [0.717, 1.165) is 22.0 Å². The molecule has 0 spiro atoms. The molecule has 132 valence electrons. The second-order valence-corrected chi connectivity index (χ2v) is 7.94. The molecule has 2 aromatic carbocycles. The average Bonchev–Trinajstić information content (AvgIpc) is 2.97. The summed E-state index contributed by atoms with van der Waals surface area (Å²) in [6.45, 7) is 0.0150. The van der Waals surface area contributed by atoms with Gasteiger partial charge in [0.1, 0.15) is 11.6 Å². The minimum Gasteiger partial charge on any atom is -0.616 e. The maximum Gasteiger partial charge on any atom is 0.132 e. The van der Waals surface area contributed by atoms with E-state index in [9.17, 15) is 14.0 Å². The van der Waals surface area contributed by atoms with Crippen molar-refractivity contribution < 1.29 is 14.0 Å². The first-order chi connectivity index (χ1) is 12.0.